The first-order valence-electron chi connectivity index (χ1n) is 7.91. The maximum Gasteiger partial charge on any atom is 0.319 e. The molecule has 0 saturated carbocycles. The van der Waals surface area contributed by atoms with Crippen LogP contribution < -0.4 is 10.6 Å². The Morgan fingerprint density at radius 3 is 2.84 bits per heavy atom. The van der Waals surface area contributed by atoms with Crippen molar-refractivity contribution < 1.29 is 9.59 Å². The fourth-order valence-electron chi connectivity index (χ4n) is 2.61. The van der Waals surface area contributed by atoms with E-state index in [1.54, 1.807) is 36.3 Å². The normalized spacial score (nSPS) is 13.3. The topological polar surface area (TPSA) is 95.4 Å². The molecule has 1 aliphatic rings. The summed E-state index contributed by atoms with van der Waals surface area (Å²) < 4.78 is 1.89. The minimum absolute atomic E-state index is 0.00817. The van der Waals surface area contributed by atoms with Crippen LogP contribution in [0.3, 0.4) is 0 Å². The van der Waals surface area contributed by atoms with E-state index in [-0.39, 0.29) is 11.9 Å². The number of nitrogens with one attached hydrogen (secondary N) is 2. The van der Waals surface area contributed by atoms with Gasteiger partial charge >= 0.3 is 6.03 Å². The monoisotopic (exact) mass is 363 g/mol. The van der Waals surface area contributed by atoms with Crippen molar-refractivity contribution in [2.45, 2.75) is 19.6 Å². The van der Waals surface area contributed by atoms with E-state index in [9.17, 15) is 9.59 Å². The fourth-order valence-corrected chi connectivity index (χ4v) is 3.26. The summed E-state index contributed by atoms with van der Waals surface area (Å²) in [6.07, 6.45) is 0. The lowest BCUT2D eigenvalue weighted by Crippen LogP contribution is -2.43. The number of rotatable bonds is 4. The van der Waals surface area contributed by atoms with Crippen LogP contribution in [-0.2, 0) is 19.6 Å². The maximum atomic E-state index is 12.1. The largest absolute Gasteiger partial charge is 0.365 e. The van der Waals surface area contributed by atoms with E-state index in [1.807, 2.05) is 10.7 Å². The summed E-state index contributed by atoms with van der Waals surface area (Å²) in [6, 6.07) is 1.92. The molecule has 2 aromatic heterocycles. The second kappa shape index (κ2) is 7.09. The van der Waals surface area contributed by atoms with Crippen LogP contribution in [0.1, 0.15) is 21.9 Å². The minimum atomic E-state index is -0.229. The van der Waals surface area contributed by atoms with Crippen molar-refractivity contribution in [2.24, 2.45) is 0 Å². The zero-order chi connectivity index (χ0) is 18.0. The van der Waals surface area contributed by atoms with Crippen LogP contribution in [-0.4, -0.2) is 64.2 Å². The summed E-state index contributed by atoms with van der Waals surface area (Å²) in [5, 5.41) is 12.6. The van der Waals surface area contributed by atoms with Crippen LogP contribution in [0.2, 0.25) is 0 Å². The number of carbonyl (C=O) groups is 2. The van der Waals surface area contributed by atoms with Crippen molar-refractivity contribution in [3.63, 3.8) is 0 Å². The molecule has 0 radical (unpaired) electrons. The Hall–Kier alpha value is -2.62. The molecule has 0 atom stereocenters. The van der Waals surface area contributed by atoms with Gasteiger partial charge in [0.1, 0.15) is 5.69 Å². The zero-order valence-electron chi connectivity index (χ0n) is 14.4. The molecule has 25 heavy (non-hydrogen) atoms. The molecule has 0 fully saturated rings. The summed E-state index contributed by atoms with van der Waals surface area (Å²) in [7, 11) is 5.25. The first-order chi connectivity index (χ1) is 12.0. The van der Waals surface area contributed by atoms with Gasteiger partial charge in [-0.2, -0.15) is 5.10 Å². The lowest BCUT2D eigenvalue weighted by atomic mass is 10.3. The molecule has 0 bridgehead atoms. The molecule has 0 spiro atoms. The summed E-state index contributed by atoms with van der Waals surface area (Å²) in [5.74, 6) is -0.229. The summed E-state index contributed by atoms with van der Waals surface area (Å²) >= 11 is 1.38. The third kappa shape index (κ3) is 3.73. The van der Waals surface area contributed by atoms with E-state index in [2.05, 4.69) is 20.7 Å². The molecule has 3 amide bonds. The Balaban J connectivity index is 1.60. The highest BCUT2D eigenvalue weighted by molar-refractivity contribution is 7.13. The molecule has 10 heteroatoms. The van der Waals surface area contributed by atoms with E-state index < -0.39 is 0 Å². The molecular weight excluding hydrogens is 342 g/mol. The Labute approximate surface area is 149 Å². The van der Waals surface area contributed by atoms with E-state index in [1.165, 1.54) is 11.3 Å². The molecule has 0 unspecified atom stereocenters. The van der Waals surface area contributed by atoms with E-state index in [0.717, 1.165) is 11.4 Å². The van der Waals surface area contributed by atoms with Crippen LogP contribution in [0.25, 0.3) is 0 Å². The van der Waals surface area contributed by atoms with Gasteiger partial charge < -0.3 is 20.4 Å². The predicted molar refractivity (Wildman–Crippen MR) is 94.6 cm³/mol. The average molecular weight is 363 g/mol. The molecule has 9 nitrogen and oxygen atoms in total. The number of carbonyl (C=O) groups excluding carboxylic acids is 2. The van der Waals surface area contributed by atoms with Crippen LogP contribution >= 0.6 is 11.3 Å². The molecule has 134 valence electrons. The van der Waals surface area contributed by atoms with Gasteiger partial charge in [-0.1, -0.05) is 0 Å². The molecule has 1 aliphatic heterocycles. The van der Waals surface area contributed by atoms with Crippen molar-refractivity contribution >= 4 is 28.4 Å². The molecule has 2 N–H and O–H groups in total. The lowest BCUT2D eigenvalue weighted by molar-refractivity contribution is 0.0946. The van der Waals surface area contributed by atoms with Crippen LogP contribution in [0.4, 0.5) is 9.93 Å². The number of hydrogen-bond acceptors (Lipinski definition) is 6. The number of nitrogens with zero attached hydrogens (tertiary/aromatic N) is 5. The van der Waals surface area contributed by atoms with Gasteiger partial charge in [-0.3, -0.25) is 9.48 Å². The van der Waals surface area contributed by atoms with Gasteiger partial charge in [-0.15, -0.1) is 11.3 Å². The SMILES string of the molecule is CNc1nc(C(=O)NCc2cc3n(n2)CCN(C(=O)N(C)C)C3)cs1. The Morgan fingerprint density at radius 2 is 2.16 bits per heavy atom. The summed E-state index contributed by atoms with van der Waals surface area (Å²) in [4.78, 5) is 31.7. The molecule has 3 heterocycles. The van der Waals surface area contributed by atoms with E-state index >= 15 is 0 Å². The highest BCUT2D eigenvalue weighted by Crippen LogP contribution is 2.16. The summed E-state index contributed by atoms with van der Waals surface area (Å²) in [6.45, 7) is 2.13. The van der Waals surface area contributed by atoms with Crippen molar-refractivity contribution in [1.29, 1.82) is 0 Å². The second-order valence-electron chi connectivity index (χ2n) is 5.92. The minimum Gasteiger partial charge on any atom is -0.365 e. The second-order valence-corrected chi connectivity index (χ2v) is 6.78. The first kappa shape index (κ1) is 17.2. The van der Waals surface area contributed by atoms with Gasteiger partial charge in [-0.05, 0) is 6.07 Å². The maximum absolute atomic E-state index is 12.1. The van der Waals surface area contributed by atoms with Crippen LogP contribution in [0, 0.1) is 0 Å². The lowest BCUT2D eigenvalue weighted by Gasteiger charge is -2.29. The molecular formula is C15H21N7O2S. The number of aromatic nitrogens is 3. The molecule has 0 saturated heterocycles. The number of urea groups is 1. The van der Waals surface area contributed by atoms with E-state index in [0.29, 0.717) is 37.0 Å². The summed E-state index contributed by atoms with van der Waals surface area (Å²) in [5.41, 5.74) is 2.13. The number of anilines is 1. The van der Waals surface area contributed by atoms with Gasteiger partial charge in [0.2, 0.25) is 0 Å². The van der Waals surface area contributed by atoms with Crippen molar-refractivity contribution in [3.05, 3.63) is 28.5 Å². The Bertz CT molecular complexity index is 783. The van der Waals surface area contributed by atoms with Crippen molar-refractivity contribution in [2.75, 3.05) is 33.0 Å². The number of hydrogen-bond donors (Lipinski definition) is 2. The van der Waals surface area contributed by atoms with Crippen molar-refractivity contribution in [1.82, 2.24) is 29.9 Å². The van der Waals surface area contributed by atoms with Gasteiger partial charge in [-0.25, -0.2) is 9.78 Å². The van der Waals surface area contributed by atoms with Crippen LogP contribution in [0.15, 0.2) is 11.4 Å². The smallest absolute Gasteiger partial charge is 0.319 e. The predicted octanol–water partition coefficient (Wildman–Crippen LogP) is 0.808. The molecule has 2 aromatic rings. The zero-order valence-corrected chi connectivity index (χ0v) is 15.3. The molecule has 0 aromatic carbocycles. The van der Waals surface area contributed by atoms with E-state index in [4.69, 9.17) is 0 Å². The van der Waals surface area contributed by atoms with Crippen molar-refractivity contribution in [3.8, 4) is 0 Å². The number of thiazole rings is 1. The van der Waals surface area contributed by atoms with Gasteiger partial charge in [0.25, 0.3) is 5.91 Å². The van der Waals surface area contributed by atoms with Gasteiger partial charge in [0.05, 0.1) is 31.0 Å². The van der Waals surface area contributed by atoms with Crippen LogP contribution in [0.5, 0.6) is 0 Å². The third-order valence-electron chi connectivity index (χ3n) is 3.88. The average Bonchev–Trinajstić information content (AvgIpc) is 3.24. The molecule has 3 rings (SSSR count). The number of fused-ring (bicyclic) bond motifs is 1. The highest BCUT2D eigenvalue weighted by atomic mass is 32.1. The molecule has 0 aliphatic carbocycles. The highest BCUT2D eigenvalue weighted by Gasteiger charge is 2.23. The van der Waals surface area contributed by atoms with Gasteiger partial charge in [0.15, 0.2) is 5.13 Å². The number of amides is 3. The first-order valence-corrected chi connectivity index (χ1v) is 8.79. The Morgan fingerprint density at radius 1 is 1.36 bits per heavy atom. The quantitative estimate of drug-likeness (QED) is 0.838. The Kier molecular flexibility index (Phi) is 4.88. The van der Waals surface area contributed by atoms with Gasteiger partial charge in [0, 0.05) is 33.1 Å². The standard InChI is InChI=1S/C15H21N7O2S/c1-16-14-18-12(9-25-14)13(23)17-7-10-6-11-8-21(15(24)20(2)3)4-5-22(11)19-10/h6,9H,4-5,7-8H2,1-3H3,(H,16,18)(H,17,23). The fraction of sp³-hybridized carbons (Fsp3) is 0.467. The third-order valence-corrected chi connectivity index (χ3v) is 4.74.